The van der Waals surface area contributed by atoms with Crippen LogP contribution in [0.2, 0.25) is 0 Å². The first-order chi connectivity index (χ1) is 8.10. The third-order valence-electron chi connectivity index (χ3n) is 2.61. The molecule has 17 heavy (non-hydrogen) atoms. The zero-order valence-corrected chi connectivity index (χ0v) is 11.7. The summed E-state index contributed by atoms with van der Waals surface area (Å²) >= 11 is 11.4. The summed E-state index contributed by atoms with van der Waals surface area (Å²) in [7, 11) is 0. The van der Waals surface area contributed by atoms with Crippen LogP contribution in [0.1, 0.15) is 21.5 Å². The van der Waals surface area contributed by atoms with Crippen molar-refractivity contribution in [3.63, 3.8) is 0 Å². The molecule has 1 rings (SSSR count). The second kappa shape index (κ2) is 6.87. The quantitative estimate of drug-likeness (QED) is 0.755. The Morgan fingerprint density at radius 1 is 1.18 bits per heavy atom. The summed E-state index contributed by atoms with van der Waals surface area (Å²) < 4.78 is 0. The first kappa shape index (κ1) is 14.3. The second-order valence-electron chi connectivity index (χ2n) is 3.99. The Morgan fingerprint density at radius 3 is 2.24 bits per heavy atom. The molecule has 0 fully saturated rings. The van der Waals surface area contributed by atoms with E-state index in [2.05, 4.69) is 0 Å². The van der Waals surface area contributed by atoms with Gasteiger partial charge in [-0.1, -0.05) is 17.7 Å². The number of nitrogens with zero attached hydrogens (tertiary/aromatic N) is 1. The second-order valence-corrected chi connectivity index (χ2v) is 4.74. The highest BCUT2D eigenvalue weighted by Crippen LogP contribution is 2.13. The summed E-state index contributed by atoms with van der Waals surface area (Å²) in [6.45, 7) is 5.01. The molecule has 0 aliphatic carbocycles. The summed E-state index contributed by atoms with van der Waals surface area (Å²) in [5, 5.41) is 0. The van der Waals surface area contributed by atoms with Crippen LogP contribution in [0, 0.1) is 13.8 Å². The van der Waals surface area contributed by atoms with E-state index in [4.69, 9.17) is 23.2 Å². The Balaban J connectivity index is 2.92. The van der Waals surface area contributed by atoms with Crippen molar-refractivity contribution in [3.8, 4) is 0 Å². The Labute approximate surface area is 113 Å². The van der Waals surface area contributed by atoms with E-state index in [1.807, 2.05) is 32.0 Å². The molecule has 1 amide bonds. The highest BCUT2D eigenvalue weighted by Gasteiger charge is 2.16. The number of benzene rings is 1. The van der Waals surface area contributed by atoms with E-state index in [1.54, 1.807) is 4.90 Å². The van der Waals surface area contributed by atoms with Crippen LogP contribution in [0.5, 0.6) is 0 Å². The Kier molecular flexibility index (Phi) is 5.79. The fourth-order valence-electron chi connectivity index (χ4n) is 1.74. The van der Waals surface area contributed by atoms with E-state index < -0.39 is 0 Å². The van der Waals surface area contributed by atoms with Crippen LogP contribution in [0.15, 0.2) is 18.2 Å². The molecule has 1 aromatic rings. The first-order valence-electron chi connectivity index (χ1n) is 5.58. The van der Waals surface area contributed by atoms with Crippen LogP contribution in [0.3, 0.4) is 0 Å². The number of carbonyl (C=O) groups excluding carboxylic acids is 1. The van der Waals surface area contributed by atoms with E-state index >= 15 is 0 Å². The van der Waals surface area contributed by atoms with Gasteiger partial charge >= 0.3 is 0 Å². The van der Waals surface area contributed by atoms with Gasteiger partial charge in [-0.25, -0.2) is 0 Å². The highest BCUT2D eigenvalue weighted by molar-refractivity contribution is 6.18. The third kappa shape index (κ3) is 3.90. The summed E-state index contributed by atoms with van der Waals surface area (Å²) in [6.07, 6.45) is 0. The predicted molar refractivity (Wildman–Crippen MR) is 73.3 cm³/mol. The highest BCUT2D eigenvalue weighted by atomic mass is 35.5. The SMILES string of the molecule is Cc1ccc(C(=O)N(CCCl)CCCl)c(C)c1. The number of rotatable bonds is 5. The van der Waals surface area contributed by atoms with Gasteiger partial charge in [0.25, 0.3) is 5.91 Å². The van der Waals surface area contributed by atoms with E-state index in [9.17, 15) is 4.79 Å². The Bertz CT molecular complexity index is 387. The molecule has 4 heteroatoms. The first-order valence-corrected chi connectivity index (χ1v) is 6.65. The smallest absolute Gasteiger partial charge is 0.254 e. The molecule has 0 atom stereocenters. The van der Waals surface area contributed by atoms with Crippen LogP contribution in [-0.4, -0.2) is 35.7 Å². The molecule has 0 radical (unpaired) electrons. The molecule has 0 saturated carbocycles. The fourth-order valence-corrected chi connectivity index (χ4v) is 2.15. The maximum Gasteiger partial charge on any atom is 0.254 e. The summed E-state index contributed by atoms with van der Waals surface area (Å²) in [5.41, 5.74) is 2.87. The number of hydrogen-bond acceptors (Lipinski definition) is 1. The normalized spacial score (nSPS) is 10.4. The van der Waals surface area contributed by atoms with Crippen LogP contribution < -0.4 is 0 Å². The lowest BCUT2D eigenvalue weighted by Crippen LogP contribution is -2.34. The molecule has 0 aromatic heterocycles. The maximum atomic E-state index is 12.3. The van der Waals surface area contributed by atoms with E-state index in [1.165, 1.54) is 0 Å². The minimum Gasteiger partial charge on any atom is -0.336 e. The molecular weight excluding hydrogens is 257 g/mol. The molecule has 94 valence electrons. The van der Waals surface area contributed by atoms with Crippen molar-refractivity contribution < 1.29 is 4.79 Å². The van der Waals surface area contributed by atoms with Gasteiger partial charge in [0.15, 0.2) is 0 Å². The molecule has 0 spiro atoms. The zero-order chi connectivity index (χ0) is 12.8. The van der Waals surface area contributed by atoms with E-state index in [0.29, 0.717) is 24.8 Å². The molecule has 1 aromatic carbocycles. The fraction of sp³-hybridized carbons (Fsp3) is 0.462. The van der Waals surface area contributed by atoms with Gasteiger partial charge in [-0.15, -0.1) is 23.2 Å². The van der Waals surface area contributed by atoms with Crippen molar-refractivity contribution in [2.24, 2.45) is 0 Å². The third-order valence-corrected chi connectivity index (χ3v) is 2.95. The lowest BCUT2D eigenvalue weighted by Gasteiger charge is -2.21. The molecule has 0 N–H and O–H groups in total. The van der Waals surface area contributed by atoms with Crippen molar-refractivity contribution in [1.82, 2.24) is 4.90 Å². The van der Waals surface area contributed by atoms with Crippen LogP contribution in [0.4, 0.5) is 0 Å². The Hall–Kier alpha value is -0.730. The number of hydrogen-bond donors (Lipinski definition) is 0. The predicted octanol–water partition coefficient (Wildman–Crippen LogP) is 3.22. The van der Waals surface area contributed by atoms with Gasteiger partial charge in [0.05, 0.1) is 0 Å². The van der Waals surface area contributed by atoms with Gasteiger partial charge in [0.2, 0.25) is 0 Å². The molecular formula is C13H17Cl2NO. The number of carbonyl (C=O) groups is 1. The number of aryl methyl sites for hydroxylation is 2. The van der Waals surface area contributed by atoms with Crippen LogP contribution in [0.25, 0.3) is 0 Å². The minimum atomic E-state index is 0.00352. The van der Waals surface area contributed by atoms with Crippen molar-refractivity contribution in [2.45, 2.75) is 13.8 Å². The summed E-state index contributed by atoms with van der Waals surface area (Å²) in [6, 6.07) is 5.81. The molecule has 0 unspecified atom stereocenters. The van der Waals surface area contributed by atoms with Crippen molar-refractivity contribution in [1.29, 1.82) is 0 Å². The molecule has 0 heterocycles. The topological polar surface area (TPSA) is 20.3 Å². The monoisotopic (exact) mass is 273 g/mol. The van der Waals surface area contributed by atoms with E-state index in [-0.39, 0.29) is 5.91 Å². The minimum absolute atomic E-state index is 0.00352. The summed E-state index contributed by atoms with van der Waals surface area (Å²) in [5.74, 6) is 0.852. The number of alkyl halides is 2. The molecule has 0 aliphatic rings. The standard InChI is InChI=1S/C13H17Cl2NO/c1-10-3-4-12(11(2)9-10)13(17)16(7-5-14)8-6-15/h3-4,9H,5-8H2,1-2H3. The van der Waals surface area contributed by atoms with Gasteiger partial charge in [-0.05, 0) is 25.5 Å². The van der Waals surface area contributed by atoms with Crippen molar-refractivity contribution in [2.75, 3.05) is 24.8 Å². The van der Waals surface area contributed by atoms with Gasteiger partial charge in [0, 0.05) is 30.4 Å². The Morgan fingerprint density at radius 2 is 1.76 bits per heavy atom. The molecule has 0 saturated heterocycles. The number of halogens is 2. The largest absolute Gasteiger partial charge is 0.336 e. The summed E-state index contributed by atoms with van der Waals surface area (Å²) in [4.78, 5) is 14.0. The molecule has 0 bridgehead atoms. The maximum absolute atomic E-state index is 12.3. The van der Waals surface area contributed by atoms with Crippen molar-refractivity contribution in [3.05, 3.63) is 34.9 Å². The van der Waals surface area contributed by atoms with Gasteiger partial charge < -0.3 is 4.90 Å². The van der Waals surface area contributed by atoms with E-state index in [0.717, 1.165) is 16.7 Å². The van der Waals surface area contributed by atoms with Crippen molar-refractivity contribution >= 4 is 29.1 Å². The molecule has 2 nitrogen and oxygen atoms in total. The van der Waals surface area contributed by atoms with Crippen LogP contribution >= 0.6 is 23.2 Å². The van der Waals surface area contributed by atoms with Gasteiger partial charge in [-0.3, -0.25) is 4.79 Å². The van der Waals surface area contributed by atoms with Gasteiger partial charge in [0.1, 0.15) is 0 Å². The average molecular weight is 274 g/mol. The lowest BCUT2D eigenvalue weighted by atomic mass is 10.0. The van der Waals surface area contributed by atoms with Gasteiger partial charge in [-0.2, -0.15) is 0 Å². The molecule has 0 aliphatic heterocycles. The van der Waals surface area contributed by atoms with Crippen LogP contribution in [-0.2, 0) is 0 Å². The lowest BCUT2D eigenvalue weighted by molar-refractivity contribution is 0.0774. The zero-order valence-electron chi connectivity index (χ0n) is 10.2. The number of amides is 1. The average Bonchev–Trinajstić information content (AvgIpc) is 2.28.